The molecule has 0 aliphatic rings. The molecule has 0 atom stereocenters. The van der Waals surface area contributed by atoms with Crippen LogP contribution in [0.5, 0.6) is 0 Å². The van der Waals surface area contributed by atoms with Gasteiger partial charge in [0.1, 0.15) is 0 Å². The Morgan fingerprint density at radius 2 is 0.971 bits per heavy atom. The van der Waals surface area contributed by atoms with E-state index < -0.39 is 0 Å². The van der Waals surface area contributed by atoms with Gasteiger partial charge >= 0.3 is 0 Å². The van der Waals surface area contributed by atoms with E-state index in [1.54, 1.807) is 0 Å². The zero-order valence-electron chi connectivity index (χ0n) is 22.1. The van der Waals surface area contributed by atoms with Crippen molar-refractivity contribution in [2.24, 2.45) is 0 Å². The minimum atomic E-state index is -0.0581. The summed E-state index contributed by atoms with van der Waals surface area (Å²) in [7, 11) is 0. The zero-order chi connectivity index (χ0) is 25.8. The van der Waals surface area contributed by atoms with Crippen LogP contribution < -0.4 is 10.6 Å². The Balaban J connectivity index is 3.82. The molecular formula is C24H49N3O8. The average Bonchev–Trinajstić information content (AvgIpc) is 2.82. The molecule has 11 nitrogen and oxygen atoms in total. The van der Waals surface area contributed by atoms with Crippen LogP contribution in [0.25, 0.3) is 0 Å². The maximum Gasteiger partial charge on any atom is 0.216 e. The second-order valence-electron chi connectivity index (χ2n) is 7.77. The minimum Gasteiger partial charge on any atom is -0.379 e. The summed E-state index contributed by atoms with van der Waals surface area (Å²) in [6.07, 6.45) is 1.92. The smallest absolute Gasteiger partial charge is 0.216 e. The van der Waals surface area contributed by atoms with Crippen molar-refractivity contribution in [3.8, 4) is 0 Å². The van der Waals surface area contributed by atoms with Crippen molar-refractivity contribution in [1.29, 1.82) is 0 Å². The third kappa shape index (κ3) is 28.8. The topological polar surface area (TPSA) is 117 Å². The quantitative estimate of drug-likeness (QED) is 0.153. The second-order valence-corrected chi connectivity index (χ2v) is 7.77. The maximum atomic E-state index is 11.0. The lowest BCUT2D eigenvalue weighted by Crippen LogP contribution is -2.33. The van der Waals surface area contributed by atoms with Gasteiger partial charge in [0.15, 0.2) is 0 Å². The van der Waals surface area contributed by atoms with Crippen LogP contribution in [0.4, 0.5) is 0 Å². The molecule has 2 amide bonds. The summed E-state index contributed by atoms with van der Waals surface area (Å²) in [4.78, 5) is 24.1. The Labute approximate surface area is 211 Å². The summed E-state index contributed by atoms with van der Waals surface area (Å²) in [6.45, 7) is 15.5. The summed E-state index contributed by atoms with van der Waals surface area (Å²) in [6, 6.07) is 0. The molecule has 0 aromatic carbocycles. The first kappa shape index (κ1) is 33.7. The molecule has 0 aromatic rings. The largest absolute Gasteiger partial charge is 0.379 e. The maximum absolute atomic E-state index is 11.0. The molecule has 35 heavy (non-hydrogen) atoms. The first-order valence-corrected chi connectivity index (χ1v) is 12.7. The number of hydrogen-bond acceptors (Lipinski definition) is 9. The number of nitrogens with zero attached hydrogens (tertiary/aromatic N) is 1. The molecular weight excluding hydrogens is 458 g/mol. The van der Waals surface area contributed by atoms with E-state index in [1.165, 1.54) is 13.8 Å². The van der Waals surface area contributed by atoms with Gasteiger partial charge in [0.05, 0.1) is 72.7 Å². The van der Waals surface area contributed by atoms with E-state index >= 15 is 0 Å². The highest BCUT2D eigenvalue weighted by Gasteiger charge is 2.06. The lowest BCUT2D eigenvalue weighted by molar-refractivity contribution is -0.119. The van der Waals surface area contributed by atoms with E-state index in [9.17, 15) is 9.59 Å². The number of rotatable bonds is 27. The van der Waals surface area contributed by atoms with E-state index in [0.717, 1.165) is 32.5 Å². The van der Waals surface area contributed by atoms with Crippen LogP contribution in [0, 0.1) is 0 Å². The molecule has 0 spiro atoms. The molecule has 0 radical (unpaired) electrons. The van der Waals surface area contributed by atoms with Crippen molar-refractivity contribution >= 4 is 11.8 Å². The van der Waals surface area contributed by atoms with E-state index in [-0.39, 0.29) is 11.8 Å². The second kappa shape index (κ2) is 27.3. The Bertz CT molecular complexity index is 486. The third-order valence-electron chi connectivity index (χ3n) is 4.69. The highest BCUT2D eigenvalue weighted by molar-refractivity contribution is 5.73. The highest BCUT2D eigenvalue weighted by Crippen LogP contribution is 1.97. The van der Waals surface area contributed by atoms with Crippen LogP contribution in [0.3, 0.4) is 0 Å². The Hall–Kier alpha value is -1.34. The molecule has 2 N–H and O–H groups in total. The summed E-state index contributed by atoms with van der Waals surface area (Å²) in [5, 5.41) is 5.51. The highest BCUT2D eigenvalue weighted by atomic mass is 16.6. The Morgan fingerprint density at radius 3 is 1.46 bits per heavy atom. The van der Waals surface area contributed by atoms with Crippen molar-refractivity contribution in [3.63, 3.8) is 0 Å². The first-order valence-electron chi connectivity index (χ1n) is 12.7. The average molecular weight is 508 g/mol. The zero-order valence-corrected chi connectivity index (χ0v) is 22.1. The van der Waals surface area contributed by atoms with Gasteiger partial charge in [0, 0.05) is 46.6 Å². The van der Waals surface area contributed by atoms with Gasteiger partial charge in [-0.05, 0) is 26.3 Å². The van der Waals surface area contributed by atoms with Gasteiger partial charge in [0.2, 0.25) is 11.8 Å². The van der Waals surface area contributed by atoms with E-state index in [0.29, 0.717) is 92.4 Å². The molecule has 0 aliphatic carbocycles. The summed E-state index contributed by atoms with van der Waals surface area (Å²) >= 11 is 0. The van der Waals surface area contributed by atoms with Gasteiger partial charge < -0.3 is 39.1 Å². The fraction of sp³-hybridized carbons (Fsp3) is 0.917. The van der Waals surface area contributed by atoms with Crippen LogP contribution in [0.1, 0.15) is 33.6 Å². The number of unbranched alkanes of at least 4 members (excludes halogenated alkanes) is 1. The fourth-order valence-corrected chi connectivity index (χ4v) is 2.87. The van der Waals surface area contributed by atoms with E-state index in [1.807, 2.05) is 6.92 Å². The minimum absolute atomic E-state index is 0.00207. The molecule has 0 aliphatic heterocycles. The van der Waals surface area contributed by atoms with Crippen molar-refractivity contribution in [3.05, 3.63) is 0 Å². The summed E-state index contributed by atoms with van der Waals surface area (Å²) < 4.78 is 32.9. The van der Waals surface area contributed by atoms with Gasteiger partial charge in [-0.15, -0.1) is 0 Å². The number of hydrogen-bond donors (Lipinski definition) is 2. The molecule has 11 heteroatoms. The van der Waals surface area contributed by atoms with Gasteiger partial charge in [-0.1, -0.05) is 0 Å². The SMILES string of the molecule is CCOCCOCCOCCOCCN(CCCCNC(C)=O)CCOCCOCCNC(C)=O. The fourth-order valence-electron chi connectivity index (χ4n) is 2.87. The number of ether oxygens (including phenoxy) is 6. The van der Waals surface area contributed by atoms with Crippen LogP contribution >= 0.6 is 0 Å². The van der Waals surface area contributed by atoms with Crippen molar-refractivity contribution in [2.75, 3.05) is 112 Å². The lowest BCUT2D eigenvalue weighted by atomic mass is 10.3. The summed E-state index contributed by atoms with van der Waals surface area (Å²) in [5.41, 5.74) is 0. The van der Waals surface area contributed by atoms with E-state index in [2.05, 4.69) is 15.5 Å². The van der Waals surface area contributed by atoms with E-state index in [4.69, 9.17) is 28.4 Å². The number of nitrogens with one attached hydrogen (secondary N) is 2. The van der Waals surface area contributed by atoms with Crippen LogP contribution in [-0.4, -0.2) is 129 Å². The Morgan fingerprint density at radius 1 is 0.543 bits per heavy atom. The van der Waals surface area contributed by atoms with Crippen molar-refractivity contribution in [1.82, 2.24) is 15.5 Å². The van der Waals surface area contributed by atoms with Crippen molar-refractivity contribution < 1.29 is 38.0 Å². The van der Waals surface area contributed by atoms with Gasteiger partial charge in [0.25, 0.3) is 0 Å². The molecule has 0 fully saturated rings. The van der Waals surface area contributed by atoms with Crippen molar-refractivity contribution in [2.45, 2.75) is 33.6 Å². The lowest BCUT2D eigenvalue weighted by Gasteiger charge is -2.22. The number of amides is 2. The number of carbonyl (C=O) groups excluding carboxylic acids is 2. The molecule has 0 saturated heterocycles. The first-order chi connectivity index (χ1) is 17.1. The summed E-state index contributed by atoms with van der Waals surface area (Å²) in [5.74, 6) is -0.0561. The monoisotopic (exact) mass is 507 g/mol. The Kier molecular flexibility index (Phi) is 26.2. The predicted molar refractivity (Wildman–Crippen MR) is 134 cm³/mol. The molecule has 0 unspecified atom stereocenters. The van der Waals surface area contributed by atoms with Gasteiger partial charge in [-0.3, -0.25) is 14.5 Å². The normalized spacial score (nSPS) is 11.2. The molecule has 0 rings (SSSR count). The molecule has 0 heterocycles. The predicted octanol–water partition coefficient (Wildman–Crippen LogP) is 0.460. The van der Waals surface area contributed by atoms with Gasteiger partial charge in [-0.2, -0.15) is 0 Å². The molecule has 0 saturated carbocycles. The van der Waals surface area contributed by atoms with Crippen LogP contribution in [-0.2, 0) is 38.0 Å². The number of carbonyl (C=O) groups is 2. The standard InChI is InChI=1S/C24H49N3O8/c1-4-30-15-16-34-21-22-35-20-19-33-14-11-27(9-6-5-7-25-23(2)28)10-13-32-18-17-31-12-8-26-24(3)29/h4-22H2,1-3H3,(H,25,28)(H,26,29). The molecule has 0 aromatic heterocycles. The third-order valence-corrected chi connectivity index (χ3v) is 4.69. The van der Waals surface area contributed by atoms with Gasteiger partial charge in [-0.25, -0.2) is 0 Å². The molecule has 208 valence electrons. The molecule has 0 bridgehead atoms. The van der Waals surface area contributed by atoms with Crippen LogP contribution in [0.15, 0.2) is 0 Å². The van der Waals surface area contributed by atoms with Crippen LogP contribution in [0.2, 0.25) is 0 Å².